The van der Waals surface area contributed by atoms with Gasteiger partial charge in [0, 0.05) is 16.2 Å². The number of amides is 1. The molecular formula is C17H17BrN2O4. The number of hydrogen-bond acceptors (Lipinski definition) is 4. The number of hydrogen-bond donors (Lipinski definition) is 2. The van der Waals surface area contributed by atoms with Gasteiger partial charge in [-0.25, -0.2) is 4.79 Å². The van der Waals surface area contributed by atoms with Crippen LogP contribution in [0.15, 0.2) is 34.9 Å². The van der Waals surface area contributed by atoms with Crippen LogP contribution < -0.4 is 5.32 Å². The number of ketones is 1. The monoisotopic (exact) mass is 392 g/mol. The number of esters is 1. The van der Waals surface area contributed by atoms with Crippen LogP contribution in [0.2, 0.25) is 0 Å². The fourth-order valence-electron chi connectivity index (χ4n) is 1.95. The number of aromatic nitrogens is 1. The SMILES string of the molecule is CC(=O)c1c[nH]c(C(=O)O[C@@H](C)C(=O)Nc2ccc(C)cc2Br)c1. The number of aromatic amines is 1. The molecular weight excluding hydrogens is 376 g/mol. The van der Waals surface area contributed by atoms with Crippen LogP contribution in [0, 0.1) is 6.92 Å². The van der Waals surface area contributed by atoms with E-state index in [1.165, 1.54) is 26.1 Å². The van der Waals surface area contributed by atoms with Crippen molar-refractivity contribution in [3.63, 3.8) is 0 Å². The molecule has 0 aliphatic rings. The van der Waals surface area contributed by atoms with Crippen LogP contribution in [0.5, 0.6) is 0 Å². The fraction of sp³-hybridized carbons (Fsp3) is 0.235. The number of benzene rings is 1. The Morgan fingerprint density at radius 2 is 1.96 bits per heavy atom. The third kappa shape index (κ3) is 4.32. The zero-order valence-corrected chi connectivity index (χ0v) is 15.1. The van der Waals surface area contributed by atoms with E-state index in [0.717, 1.165) is 10.0 Å². The van der Waals surface area contributed by atoms with Gasteiger partial charge in [0.25, 0.3) is 5.91 Å². The maximum absolute atomic E-state index is 12.2. The Labute approximate surface area is 147 Å². The van der Waals surface area contributed by atoms with Gasteiger partial charge in [0.1, 0.15) is 5.69 Å². The normalized spacial score (nSPS) is 11.7. The second-order valence-corrected chi connectivity index (χ2v) is 6.23. The zero-order chi connectivity index (χ0) is 17.9. The Bertz CT molecular complexity index is 798. The predicted octanol–water partition coefficient (Wildman–Crippen LogP) is 3.47. The summed E-state index contributed by atoms with van der Waals surface area (Å²) in [6, 6.07) is 6.88. The Balaban J connectivity index is 2.00. The van der Waals surface area contributed by atoms with Crippen LogP contribution in [0.1, 0.15) is 40.3 Å². The number of carbonyl (C=O) groups is 3. The maximum Gasteiger partial charge on any atom is 0.355 e. The summed E-state index contributed by atoms with van der Waals surface area (Å²) in [6.45, 7) is 4.81. The molecule has 1 aromatic carbocycles. The predicted molar refractivity (Wildman–Crippen MR) is 93.2 cm³/mol. The van der Waals surface area contributed by atoms with E-state index in [9.17, 15) is 14.4 Å². The molecule has 1 atom stereocenters. The van der Waals surface area contributed by atoms with Crippen molar-refractivity contribution in [3.8, 4) is 0 Å². The highest BCUT2D eigenvalue weighted by Gasteiger charge is 2.21. The number of rotatable bonds is 5. The standard InChI is InChI=1S/C17H17BrN2O4/c1-9-4-5-14(13(18)6-9)20-16(22)11(3)24-17(23)15-7-12(8-19-15)10(2)21/h4-8,11,19H,1-3H3,(H,20,22)/t11-/m0/s1. The Hall–Kier alpha value is -2.41. The van der Waals surface area contributed by atoms with E-state index in [-0.39, 0.29) is 11.5 Å². The number of Topliss-reactive ketones (excluding diaryl/α,β-unsaturated/α-hetero) is 1. The molecule has 0 spiro atoms. The van der Waals surface area contributed by atoms with Crippen molar-refractivity contribution in [2.24, 2.45) is 0 Å². The van der Waals surface area contributed by atoms with E-state index >= 15 is 0 Å². The molecule has 2 rings (SSSR count). The van der Waals surface area contributed by atoms with Crippen LogP contribution >= 0.6 is 15.9 Å². The summed E-state index contributed by atoms with van der Waals surface area (Å²) in [5.41, 5.74) is 2.14. The summed E-state index contributed by atoms with van der Waals surface area (Å²) in [5.74, 6) is -1.32. The van der Waals surface area contributed by atoms with Crippen LogP contribution in [0.3, 0.4) is 0 Å². The van der Waals surface area contributed by atoms with E-state index in [4.69, 9.17) is 4.74 Å². The molecule has 2 N–H and O–H groups in total. The van der Waals surface area contributed by atoms with Gasteiger partial charge in [-0.05, 0) is 60.5 Å². The molecule has 24 heavy (non-hydrogen) atoms. The van der Waals surface area contributed by atoms with Crippen LogP contribution in [0.4, 0.5) is 5.69 Å². The number of nitrogens with one attached hydrogen (secondary N) is 2. The van der Waals surface area contributed by atoms with Crippen molar-refractivity contribution in [2.75, 3.05) is 5.32 Å². The zero-order valence-electron chi connectivity index (χ0n) is 13.5. The minimum Gasteiger partial charge on any atom is -0.448 e. The summed E-state index contributed by atoms with van der Waals surface area (Å²) in [6.07, 6.45) is 0.433. The van der Waals surface area contributed by atoms with Gasteiger partial charge >= 0.3 is 5.97 Å². The topological polar surface area (TPSA) is 88.3 Å². The molecule has 1 heterocycles. The first-order chi connectivity index (χ1) is 11.3. The lowest BCUT2D eigenvalue weighted by atomic mass is 10.2. The molecule has 0 radical (unpaired) electrons. The van der Waals surface area contributed by atoms with Crippen molar-refractivity contribution < 1.29 is 19.1 Å². The Morgan fingerprint density at radius 1 is 1.25 bits per heavy atom. The molecule has 0 aliphatic heterocycles. The first-order valence-corrected chi connectivity index (χ1v) is 8.04. The molecule has 0 unspecified atom stereocenters. The highest BCUT2D eigenvalue weighted by Crippen LogP contribution is 2.23. The number of carbonyl (C=O) groups excluding carboxylic acids is 3. The number of anilines is 1. The highest BCUT2D eigenvalue weighted by atomic mass is 79.9. The molecule has 6 nitrogen and oxygen atoms in total. The molecule has 2 aromatic rings. The second-order valence-electron chi connectivity index (χ2n) is 5.38. The van der Waals surface area contributed by atoms with E-state index in [1.54, 1.807) is 6.07 Å². The summed E-state index contributed by atoms with van der Waals surface area (Å²) >= 11 is 3.37. The molecule has 0 aliphatic carbocycles. The van der Waals surface area contributed by atoms with Gasteiger partial charge in [0.05, 0.1) is 5.69 Å². The highest BCUT2D eigenvalue weighted by molar-refractivity contribution is 9.10. The summed E-state index contributed by atoms with van der Waals surface area (Å²) in [5, 5.41) is 2.69. The third-order valence-electron chi connectivity index (χ3n) is 3.34. The minimum atomic E-state index is -0.991. The average Bonchev–Trinajstić information content (AvgIpc) is 3.00. The Morgan fingerprint density at radius 3 is 2.54 bits per heavy atom. The van der Waals surface area contributed by atoms with Crippen molar-refractivity contribution in [2.45, 2.75) is 26.9 Å². The van der Waals surface area contributed by atoms with Gasteiger partial charge in [-0.1, -0.05) is 6.07 Å². The van der Waals surface area contributed by atoms with E-state index in [0.29, 0.717) is 11.3 Å². The summed E-state index contributed by atoms with van der Waals surface area (Å²) in [7, 11) is 0. The molecule has 1 amide bonds. The molecule has 126 valence electrons. The van der Waals surface area contributed by atoms with E-state index in [1.807, 2.05) is 19.1 Å². The average molecular weight is 393 g/mol. The summed E-state index contributed by atoms with van der Waals surface area (Å²) in [4.78, 5) is 38.1. The van der Waals surface area contributed by atoms with Crippen molar-refractivity contribution in [1.82, 2.24) is 4.98 Å². The molecule has 7 heteroatoms. The lowest BCUT2D eigenvalue weighted by Gasteiger charge is -2.14. The quantitative estimate of drug-likeness (QED) is 0.602. The largest absolute Gasteiger partial charge is 0.448 e. The second kappa shape index (κ2) is 7.44. The number of ether oxygens (including phenoxy) is 1. The van der Waals surface area contributed by atoms with Crippen molar-refractivity contribution in [1.29, 1.82) is 0 Å². The third-order valence-corrected chi connectivity index (χ3v) is 4.00. The van der Waals surface area contributed by atoms with Gasteiger partial charge in [-0.15, -0.1) is 0 Å². The molecule has 0 bridgehead atoms. The first kappa shape index (κ1) is 17.9. The van der Waals surface area contributed by atoms with Crippen LogP contribution in [0.25, 0.3) is 0 Å². The number of halogens is 1. The van der Waals surface area contributed by atoms with Gasteiger partial charge < -0.3 is 15.0 Å². The summed E-state index contributed by atoms with van der Waals surface area (Å²) < 4.78 is 5.86. The van der Waals surface area contributed by atoms with Gasteiger partial charge in [0.15, 0.2) is 11.9 Å². The lowest BCUT2D eigenvalue weighted by Crippen LogP contribution is -2.30. The van der Waals surface area contributed by atoms with Crippen LogP contribution in [-0.4, -0.2) is 28.7 Å². The fourth-order valence-corrected chi connectivity index (χ4v) is 2.54. The Kier molecular flexibility index (Phi) is 5.56. The molecule has 1 aromatic heterocycles. The van der Waals surface area contributed by atoms with E-state index in [2.05, 4.69) is 26.2 Å². The first-order valence-electron chi connectivity index (χ1n) is 7.25. The molecule has 0 fully saturated rings. The maximum atomic E-state index is 12.2. The van der Waals surface area contributed by atoms with Crippen LogP contribution in [-0.2, 0) is 9.53 Å². The van der Waals surface area contributed by atoms with Gasteiger partial charge in [0.2, 0.25) is 0 Å². The van der Waals surface area contributed by atoms with Crippen molar-refractivity contribution >= 4 is 39.3 Å². The van der Waals surface area contributed by atoms with Gasteiger partial charge in [-0.3, -0.25) is 9.59 Å². The smallest absolute Gasteiger partial charge is 0.355 e. The van der Waals surface area contributed by atoms with Gasteiger partial charge in [-0.2, -0.15) is 0 Å². The molecule has 0 saturated carbocycles. The lowest BCUT2D eigenvalue weighted by molar-refractivity contribution is -0.123. The van der Waals surface area contributed by atoms with Crippen molar-refractivity contribution in [3.05, 3.63) is 51.8 Å². The minimum absolute atomic E-state index is 0.122. The number of aryl methyl sites for hydroxylation is 1. The molecule has 0 saturated heterocycles. The number of H-pyrrole nitrogens is 1. The van der Waals surface area contributed by atoms with E-state index < -0.39 is 18.0 Å².